The summed E-state index contributed by atoms with van der Waals surface area (Å²) in [6.45, 7) is 4.74. The van der Waals surface area contributed by atoms with Crippen molar-refractivity contribution in [2.45, 2.75) is 13.3 Å². The Labute approximate surface area is 112 Å². The van der Waals surface area contributed by atoms with E-state index >= 15 is 0 Å². The van der Waals surface area contributed by atoms with Crippen molar-refractivity contribution in [3.63, 3.8) is 0 Å². The molecule has 1 aromatic heterocycles. The van der Waals surface area contributed by atoms with Crippen molar-refractivity contribution in [1.29, 1.82) is 0 Å². The molecule has 0 atom stereocenters. The first-order chi connectivity index (χ1) is 8.76. The molecular formula is C12H20N2O3S. The van der Waals surface area contributed by atoms with Crippen LogP contribution in [0.5, 0.6) is 0 Å². The molecule has 0 fully saturated rings. The molecule has 0 amide bonds. The number of thiazole rings is 1. The van der Waals surface area contributed by atoms with E-state index in [1.54, 1.807) is 14.2 Å². The number of anilines is 1. The lowest BCUT2D eigenvalue weighted by Crippen LogP contribution is -2.30. The molecule has 0 radical (unpaired) electrons. The number of hydrogen-bond donors (Lipinski definition) is 0. The predicted molar refractivity (Wildman–Crippen MR) is 72.8 cm³/mol. The molecule has 1 aromatic rings. The van der Waals surface area contributed by atoms with Crippen molar-refractivity contribution in [3.8, 4) is 0 Å². The highest BCUT2D eigenvalue weighted by atomic mass is 32.1. The van der Waals surface area contributed by atoms with Gasteiger partial charge < -0.3 is 14.4 Å². The summed E-state index contributed by atoms with van der Waals surface area (Å²) in [4.78, 5) is 18.3. The van der Waals surface area contributed by atoms with Gasteiger partial charge >= 0.3 is 0 Å². The number of hydrogen-bond acceptors (Lipinski definition) is 6. The molecule has 0 N–H and O–H groups in total. The maximum Gasteiger partial charge on any atom is 0.186 e. The highest BCUT2D eigenvalue weighted by Crippen LogP contribution is 2.25. The molecule has 0 aliphatic rings. The van der Waals surface area contributed by atoms with E-state index in [-0.39, 0.29) is 0 Å². The number of nitrogens with zero attached hydrogens (tertiary/aromatic N) is 2. The number of carbonyl (C=O) groups excluding carboxylic acids is 1. The van der Waals surface area contributed by atoms with Crippen molar-refractivity contribution in [1.82, 2.24) is 4.98 Å². The largest absolute Gasteiger partial charge is 0.383 e. The first-order valence-corrected chi connectivity index (χ1v) is 6.76. The van der Waals surface area contributed by atoms with Gasteiger partial charge in [-0.2, -0.15) is 0 Å². The molecule has 1 rings (SSSR count). The highest BCUT2D eigenvalue weighted by molar-refractivity contribution is 7.17. The van der Waals surface area contributed by atoms with E-state index in [2.05, 4.69) is 9.88 Å². The molecule has 0 bridgehead atoms. The summed E-state index contributed by atoms with van der Waals surface area (Å²) in [6.07, 6.45) is 1.65. The van der Waals surface area contributed by atoms with Gasteiger partial charge in [0.05, 0.1) is 23.8 Å². The number of rotatable bonds is 9. The van der Waals surface area contributed by atoms with Crippen molar-refractivity contribution in [2.24, 2.45) is 0 Å². The Morgan fingerprint density at radius 2 is 1.89 bits per heavy atom. The molecule has 0 aromatic carbocycles. The Morgan fingerprint density at radius 1 is 1.28 bits per heavy atom. The summed E-state index contributed by atoms with van der Waals surface area (Å²) in [6, 6.07) is 0. The van der Waals surface area contributed by atoms with Gasteiger partial charge in [-0.3, -0.25) is 4.79 Å². The third-order valence-electron chi connectivity index (χ3n) is 2.56. The van der Waals surface area contributed by atoms with Gasteiger partial charge in [-0.05, 0) is 6.42 Å². The summed E-state index contributed by atoms with van der Waals surface area (Å²) in [7, 11) is 3.34. The minimum absolute atomic E-state index is 0.626. The fourth-order valence-corrected chi connectivity index (χ4v) is 2.56. The third kappa shape index (κ3) is 4.04. The Hall–Kier alpha value is -0.980. The lowest BCUT2D eigenvalue weighted by atomic mass is 10.3. The molecule has 0 aliphatic carbocycles. The van der Waals surface area contributed by atoms with Crippen molar-refractivity contribution in [2.75, 3.05) is 45.4 Å². The second-order valence-corrected chi connectivity index (χ2v) is 4.76. The number of carbonyl (C=O) groups is 1. The normalized spacial score (nSPS) is 10.6. The fraction of sp³-hybridized carbons (Fsp3) is 0.667. The van der Waals surface area contributed by atoms with Gasteiger partial charge in [0.15, 0.2) is 11.4 Å². The molecular weight excluding hydrogens is 252 g/mol. The van der Waals surface area contributed by atoms with E-state index in [1.807, 2.05) is 6.92 Å². The van der Waals surface area contributed by atoms with Gasteiger partial charge in [-0.1, -0.05) is 18.3 Å². The molecule has 5 nitrogen and oxygen atoms in total. The second-order valence-electron chi connectivity index (χ2n) is 3.75. The second kappa shape index (κ2) is 8.18. The quantitative estimate of drug-likeness (QED) is 0.639. The lowest BCUT2D eigenvalue weighted by molar-refractivity contribution is 0.112. The fourth-order valence-electron chi connectivity index (χ4n) is 1.54. The molecule has 0 spiro atoms. The van der Waals surface area contributed by atoms with E-state index in [0.717, 1.165) is 36.6 Å². The summed E-state index contributed by atoms with van der Waals surface area (Å²) in [5, 5.41) is 0.864. The number of aromatic nitrogens is 1. The molecule has 0 aliphatic heterocycles. The average molecular weight is 272 g/mol. The Balaban J connectivity index is 2.82. The Bertz CT molecular complexity index is 360. The SMILES string of the molecule is CCc1nc(N(CCOC)CCOC)sc1C=O. The lowest BCUT2D eigenvalue weighted by Gasteiger charge is -2.20. The molecule has 0 saturated heterocycles. The van der Waals surface area contributed by atoms with Gasteiger partial charge in [-0.25, -0.2) is 4.98 Å². The Morgan fingerprint density at radius 3 is 2.28 bits per heavy atom. The van der Waals surface area contributed by atoms with Crippen molar-refractivity contribution < 1.29 is 14.3 Å². The van der Waals surface area contributed by atoms with Crippen LogP contribution in [0.4, 0.5) is 5.13 Å². The van der Waals surface area contributed by atoms with Crippen LogP contribution < -0.4 is 4.90 Å². The van der Waals surface area contributed by atoms with Crippen LogP contribution in [0.1, 0.15) is 22.3 Å². The maximum atomic E-state index is 11.0. The van der Waals surface area contributed by atoms with Gasteiger partial charge in [0.1, 0.15) is 0 Å². The average Bonchev–Trinajstić information content (AvgIpc) is 2.82. The van der Waals surface area contributed by atoms with Crippen LogP contribution in [-0.4, -0.2) is 51.8 Å². The van der Waals surface area contributed by atoms with Crippen LogP contribution >= 0.6 is 11.3 Å². The molecule has 1 heterocycles. The first-order valence-electron chi connectivity index (χ1n) is 5.94. The van der Waals surface area contributed by atoms with Gasteiger partial charge in [0, 0.05) is 27.3 Å². The third-order valence-corrected chi connectivity index (χ3v) is 3.64. The summed E-state index contributed by atoms with van der Waals surface area (Å²) in [5.74, 6) is 0. The van der Waals surface area contributed by atoms with Gasteiger partial charge in [0.25, 0.3) is 0 Å². The van der Waals surface area contributed by atoms with E-state index < -0.39 is 0 Å². The Kier molecular flexibility index (Phi) is 6.85. The zero-order valence-electron chi connectivity index (χ0n) is 11.1. The smallest absolute Gasteiger partial charge is 0.186 e. The topological polar surface area (TPSA) is 51.7 Å². The van der Waals surface area contributed by atoms with E-state index in [1.165, 1.54) is 11.3 Å². The maximum absolute atomic E-state index is 11.0. The summed E-state index contributed by atoms with van der Waals surface area (Å²) >= 11 is 1.43. The van der Waals surface area contributed by atoms with Crippen LogP contribution in [-0.2, 0) is 15.9 Å². The first kappa shape index (κ1) is 15.1. The van der Waals surface area contributed by atoms with Crippen molar-refractivity contribution in [3.05, 3.63) is 10.6 Å². The van der Waals surface area contributed by atoms with E-state index in [4.69, 9.17) is 9.47 Å². The zero-order valence-corrected chi connectivity index (χ0v) is 12.0. The standard InChI is InChI=1S/C12H20N2O3S/c1-4-10-11(9-15)18-12(13-10)14(5-7-16-2)6-8-17-3/h9H,4-8H2,1-3H3. The molecule has 6 heteroatoms. The molecule has 0 saturated carbocycles. The number of aryl methyl sites for hydroxylation is 1. The van der Waals surface area contributed by atoms with Crippen LogP contribution in [0.15, 0.2) is 0 Å². The van der Waals surface area contributed by atoms with Crippen LogP contribution in [0, 0.1) is 0 Å². The number of ether oxygens (including phenoxy) is 2. The number of methoxy groups -OCH3 is 2. The van der Waals surface area contributed by atoms with Crippen LogP contribution in [0.3, 0.4) is 0 Å². The van der Waals surface area contributed by atoms with Gasteiger partial charge in [-0.15, -0.1) is 0 Å². The summed E-state index contributed by atoms with van der Waals surface area (Å²) < 4.78 is 10.2. The minimum atomic E-state index is 0.626. The monoisotopic (exact) mass is 272 g/mol. The predicted octanol–water partition coefficient (Wildman–Crippen LogP) is 1.62. The van der Waals surface area contributed by atoms with E-state index in [0.29, 0.717) is 18.1 Å². The molecule has 0 unspecified atom stereocenters. The molecule has 102 valence electrons. The van der Waals surface area contributed by atoms with Gasteiger partial charge in [0.2, 0.25) is 0 Å². The highest BCUT2D eigenvalue weighted by Gasteiger charge is 2.14. The molecule has 18 heavy (non-hydrogen) atoms. The van der Waals surface area contributed by atoms with E-state index in [9.17, 15) is 4.79 Å². The van der Waals surface area contributed by atoms with Crippen LogP contribution in [0.2, 0.25) is 0 Å². The zero-order chi connectivity index (χ0) is 13.4. The summed E-state index contributed by atoms with van der Waals surface area (Å²) in [5.41, 5.74) is 0.866. The minimum Gasteiger partial charge on any atom is -0.383 e. The van der Waals surface area contributed by atoms with Crippen LogP contribution in [0.25, 0.3) is 0 Å². The van der Waals surface area contributed by atoms with Crippen molar-refractivity contribution >= 4 is 22.8 Å². The number of aldehydes is 1.